The third-order valence-electron chi connectivity index (χ3n) is 6.09. The maximum absolute atomic E-state index is 12.7. The fourth-order valence-electron chi connectivity index (χ4n) is 4.30. The summed E-state index contributed by atoms with van der Waals surface area (Å²) in [6.45, 7) is 2.31. The van der Waals surface area contributed by atoms with Crippen LogP contribution in [0.5, 0.6) is 5.75 Å². The number of carbonyl (C=O) groups is 2. The molecular weight excluding hydrogens is 354 g/mol. The molecule has 2 unspecified atom stereocenters. The summed E-state index contributed by atoms with van der Waals surface area (Å²) in [5.41, 5.74) is 5.87. The van der Waals surface area contributed by atoms with E-state index in [1.54, 1.807) is 0 Å². The highest BCUT2D eigenvalue weighted by Crippen LogP contribution is 2.25. The molecule has 1 aliphatic heterocycles. The third kappa shape index (κ3) is 5.71. The second kappa shape index (κ2) is 10.5. The molecule has 6 heteroatoms. The molecule has 154 valence electrons. The summed E-state index contributed by atoms with van der Waals surface area (Å²) in [5, 5.41) is 3.24. The summed E-state index contributed by atoms with van der Waals surface area (Å²) in [5.74, 6) is 1.44. The zero-order chi connectivity index (χ0) is 19.8. The number of likely N-dealkylation sites (tertiary alicyclic amines) is 1. The number of ether oxygens (including phenoxy) is 1. The lowest BCUT2D eigenvalue weighted by molar-refractivity contribution is -0.136. The highest BCUT2D eigenvalue weighted by molar-refractivity contribution is 5.80. The Morgan fingerprint density at radius 3 is 2.50 bits per heavy atom. The normalized spacial score (nSPS) is 23.2. The van der Waals surface area contributed by atoms with E-state index in [4.69, 9.17) is 10.5 Å². The van der Waals surface area contributed by atoms with Crippen molar-refractivity contribution >= 4 is 11.8 Å². The fourth-order valence-corrected chi connectivity index (χ4v) is 4.30. The number of carbonyl (C=O) groups excluding carboxylic acids is 2. The standard InChI is InChI=1S/C22H33N3O3/c23-16-18-6-4-5-9-20(18)24-22(27)17-10-13-25(14-11-17)21(26)12-15-28-19-7-2-1-3-8-19/h1-3,7-8,17-18,20H,4-6,9-16,23H2,(H,24,27). The number of rotatable bonds is 7. The van der Waals surface area contributed by atoms with Crippen LogP contribution >= 0.6 is 0 Å². The molecule has 0 radical (unpaired) electrons. The minimum absolute atomic E-state index is 0.00460. The molecule has 2 fully saturated rings. The monoisotopic (exact) mass is 387 g/mol. The lowest BCUT2D eigenvalue weighted by atomic mass is 9.84. The van der Waals surface area contributed by atoms with E-state index in [1.165, 1.54) is 12.8 Å². The van der Waals surface area contributed by atoms with Crippen LogP contribution in [0.2, 0.25) is 0 Å². The van der Waals surface area contributed by atoms with Crippen molar-refractivity contribution in [1.29, 1.82) is 0 Å². The van der Waals surface area contributed by atoms with E-state index in [2.05, 4.69) is 5.32 Å². The first-order valence-corrected chi connectivity index (χ1v) is 10.6. The Labute approximate surface area is 167 Å². The molecule has 1 saturated carbocycles. The van der Waals surface area contributed by atoms with E-state index in [1.807, 2.05) is 35.2 Å². The smallest absolute Gasteiger partial charge is 0.225 e. The van der Waals surface area contributed by atoms with Gasteiger partial charge in [0.15, 0.2) is 0 Å². The number of benzene rings is 1. The summed E-state index contributed by atoms with van der Waals surface area (Å²) < 4.78 is 5.61. The Hall–Kier alpha value is -2.08. The number of nitrogens with zero attached hydrogens (tertiary/aromatic N) is 1. The maximum atomic E-state index is 12.7. The summed E-state index contributed by atoms with van der Waals surface area (Å²) in [4.78, 5) is 26.9. The number of nitrogens with two attached hydrogens (primary N) is 1. The lowest BCUT2D eigenvalue weighted by Gasteiger charge is -2.35. The summed E-state index contributed by atoms with van der Waals surface area (Å²) in [6, 6.07) is 9.75. The van der Waals surface area contributed by atoms with E-state index in [0.717, 1.165) is 31.4 Å². The second-order valence-electron chi connectivity index (χ2n) is 7.96. The molecule has 1 aromatic carbocycles. The topological polar surface area (TPSA) is 84.7 Å². The summed E-state index contributed by atoms with van der Waals surface area (Å²) in [6.07, 6.45) is 6.36. The number of hydrogen-bond acceptors (Lipinski definition) is 4. The van der Waals surface area contributed by atoms with Gasteiger partial charge in [-0.05, 0) is 50.3 Å². The highest BCUT2D eigenvalue weighted by atomic mass is 16.5. The zero-order valence-corrected chi connectivity index (χ0v) is 16.6. The molecule has 1 aliphatic carbocycles. The van der Waals surface area contributed by atoms with Gasteiger partial charge in [0.05, 0.1) is 13.0 Å². The van der Waals surface area contributed by atoms with Gasteiger partial charge in [-0.1, -0.05) is 31.0 Å². The first-order chi connectivity index (χ1) is 13.7. The fraction of sp³-hybridized carbons (Fsp3) is 0.636. The summed E-state index contributed by atoms with van der Waals surface area (Å²) in [7, 11) is 0. The minimum Gasteiger partial charge on any atom is -0.493 e. The Kier molecular flexibility index (Phi) is 7.71. The molecule has 0 bridgehead atoms. The predicted octanol–water partition coefficient (Wildman–Crippen LogP) is 2.33. The van der Waals surface area contributed by atoms with Crippen molar-refractivity contribution in [1.82, 2.24) is 10.2 Å². The number of nitrogens with one attached hydrogen (secondary N) is 1. The van der Waals surface area contributed by atoms with Gasteiger partial charge in [-0.2, -0.15) is 0 Å². The number of piperidine rings is 1. The third-order valence-corrected chi connectivity index (χ3v) is 6.09. The first kappa shape index (κ1) is 20.6. The Bertz CT molecular complexity index is 629. The largest absolute Gasteiger partial charge is 0.493 e. The molecule has 1 saturated heterocycles. The summed E-state index contributed by atoms with van der Waals surface area (Å²) >= 11 is 0. The molecule has 0 aromatic heterocycles. The van der Waals surface area contributed by atoms with E-state index < -0.39 is 0 Å². The van der Waals surface area contributed by atoms with Crippen molar-refractivity contribution in [2.75, 3.05) is 26.2 Å². The SMILES string of the molecule is NCC1CCCCC1NC(=O)C1CCN(C(=O)CCOc2ccccc2)CC1. The second-order valence-corrected chi connectivity index (χ2v) is 7.96. The van der Waals surface area contributed by atoms with Gasteiger partial charge < -0.3 is 20.7 Å². The first-order valence-electron chi connectivity index (χ1n) is 10.6. The van der Waals surface area contributed by atoms with Gasteiger partial charge in [0.1, 0.15) is 5.75 Å². The number of para-hydroxylation sites is 1. The van der Waals surface area contributed by atoms with E-state index >= 15 is 0 Å². The minimum atomic E-state index is 0.00460. The highest BCUT2D eigenvalue weighted by Gasteiger charge is 2.31. The number of hydrogen-bond donors (Lipinski definition) is 2. The van der Waals surface area contributed by atoms with Crippen LogP contribution in [-0.4, -0.2) is 49.0 Å². The molecule has 1 heterocycles. The van der Waals surface area contributed by atoms with Gasteiger partial charge in [-0.3, -0.25) is 9.59 Å². The molecule has 2 atom stereocenters. The lowest BCUT2D eigenvalue weighted by Crippen LogP contribution is -2.49. The quantitative estimate of drug-likeness (QED) is 0.752. The predicted molar refractivity (Wildman–Crippen MR) is 109 cm³/mol. The maximum Gasteiger partial charge on any atom is 0.225 e. The van der Waals surface area contributed by atoms with Gasteiger partial charge >= 0.3 is 0 Å². The zero-order valence-electron chi connectivity index (χ0n) is 16.6. The van der Waals surface area contributed by atoms with Gasteiger partial charge in [-0.15, -0.1) is 0 Å². The average Bonchev–Trinajstić information content (AvgIpc) is 2.75. The number of amides is 2. The van der Waals surface area contributed by atoms with Crippen LogP contribution in [0.15, 0.2) is 30.3 Å². The molecular formula is C22H33N3O3. The van der Waals surface area contributed by atoms with Crippen molar-refractivity contribution in [3.63, 3.8) is 0 Å². The average molecular weight is 388 g/mol. The van der Waals surface area contributed by atoms with Crippen molar-refractivity contribution in [3.8, 4) is 5.75 Å². The van der Waals surface area contributed by atoms with Crippen molar-refractivity contribution in [3.05, 3.63) is 30.3 Å². The van der Waals surface area contributed by atoms with Crippen LogP contribution in [0, 0.1) is 11.8 Å². The van der Waals surface area contributed by atoms with Crippen LogP contribution in [0.3, 0.4) is 0 Å². The van der Waals surface area contributed by atoms with Crippen molar-refractivity contribution in [2.24, 2.45) is 17.6 Å². The Balaban J connectivity index is 1.37. The molecule has 6 nitrogen and oxygen atoms in total. The van der Waals surface area contributed by atoms with E-state index in [0.29, 0.717) is 38.6 Å². The Morgan fingerprint density at radius 2 is 1.79 bits per heavy atom. The van der Waals surface area contributed by atoms with E-state index in [9.17, 15) is 9.59 Å². The van der Waals surface area contributed by atoms with Crippen LogP contribution < -0.4 is 15.8 Å². The van der Waals surface area contributed by atoms with Crippen LogP contribution in [0.25, 0.3) is 0 Å². The van der Waals surface area contributed by atoms with Crippen molar-refractivity contribution < 1.29 is 14.3 Å². The molecule has 2 amide bonds. The van der Waals surface area contributed by atoms with Gasteiger partial charge in [0, 0.05) is 25.0 Å². The molecule has 3 N–H and O–H groups in total. The molecule has 28 heavy (non-hydrogen) atoms. The Morgan fingerprint density at radius 1 is 1.07 bits per heavy atom. The van der Waals surface area contributed by atoms with Gasteiger partial charge in [-0.25, -0.2) is 0 Å². The van der Waals surface area contributed by atoms with Crippen LogP contribution in [0.1, 0.15) is 44.9 Å². The van der Waals surface area contributed by atoms with Gasteiger partial charge in [0.2, 0.25) is 11.8 Å². The molecule has 3 rings (SSSR count). The van der Waals surface area contributed by atoms with E-state index in [-0.39, 0.29) is 23.8 Å². The van der Waals surface area contributed by atoms with Gasteiger partial charge in [0.25, 0.3) is 0 Å². The molecule has 0 spiro atoms. The van der Waals surface area contributed by atoms with Crippen LogP contribution in [0.4, 0.5) is 0 Å². The molecule has 2 aliphatic rings. The van der Waals surface area contributed by atoms with Crippen LogP contribution in [-0.2, 0) is 9.59 Å². The molecule has 1 aromatic rings. The van der Waals surface area contributed by atoms with Crippen molar-refractivity contribution in [2.45, 2.75) is 51.0 Å².